The molecule has 5 heteroatoms. The van der Waals surface area contributed by atoms with Crippen molar-refractivity contribution in [3.63, 3.8) is 0 Å². The van der Waals surface area contributed by atoms with Gasteiger partial charge >= 0.3 is 0 Å². The third kappa shape index (κ3) is 2.16. The van der Waals surface area contributed by atoms with Crippen molar-refractivity contribution in [2.75, 3.05) is 6.26 Å². The summed E-state index contributed by atoms with van der Waals surface area (Å²) in [6.45, 7) is 0. The third-order valence-electron chi connectivity index (χ3n) is 4.65. The molecule has 0 spiro atoms. The lowest BCUT2D eigenvalue weighted by atomic mass is 9.72. The highest BCUT2D eigenvalue weighted by molar-refractivity contribution is 7.94. The van der Waals surface area contributed by atoms with Gasteiger partial charge < -0.3 is 0 Å². The summed E-state index contributed by atoms with van der Waals surface area (Å²) in [5.41, 5.74) is 0.792. The minimum absolute atomic E-state index is 0.0918. The van der Waals surface area contributed by atoms with Crippen molar-refractivity contribution in [3.05, 3.63) is 70.7 Å². The van der Waals surface area contributed by atoms with Crippen LogP contribution in [-0.2, 0) is 9.84 Å². The van der Waals surface area contributed by atoms with Crippen molar-refractivity contribution >= 4 is 32.2 Å². The number of carbonyl (C=O) groups excluding carboxylic acids is 2. The summed E-state index contributed by atoms with van der Waals surface area (Å²) in [7, 11) is -3.42. The molecule has 0 saturated heterocycles. The van der Waals surface area contributed by atoms with E-state index < -0.39 is 21.7 Å². The van der Waals surface area contributed by atoms with Crippen LogP contribution in [0.4, 0.5) is 0 Å². The average molecular weight is 338 g/mol. The Labute approximate surface area is 139 Å². The highest BCUT2D eigenvalue weighted by Gasteiger charge is 2.41. The maximum Gasteiger partial charge on any atom is 0.175 e. The fourth-order valence-corrected chi connectivity index (χ4v) is 4.12. The molecule has 2 aromatic rings. The van der Waals surface area contributed by atoms with Crippen molar-refractivity contribution in [2.45, 2.75) is 0 Å². The molecule has 2 atom stereocenters. The van der Waals surface area contributed by atoms with Crippen LogP contribution in [0.2, 0.25) is 0 Å². The number of fused-ring (bicyclic) bond motifs is 3. The Morgan fingerprint density at radius 1 is 0.875 bits per heavy atom. The smallest absolute Gasteiger partial charge is 0.175 e. The summed E-state index contributed by atoms with van der Waals surface area (Å²) in [6, 6.07) is 11.0. The second kappa shape index (κ2) is 4.98. The highest BCUT2D eigenvalue weighted by atomic mass is 32.2. The van der Waals surface area contributed by atoms with Gasteiger partial charge in [-0.25, -0.2) is 8.42 Å². The van der Waals surface area contributed by atoms with Crippen LogP contribution in [0.5, 0.6) is 0 Å². The standard InChI is InChI=1S/C19H14O4S/c1-24(22,23)13-6-7-14-17(10-13)19(21)16-9-12-5-3-2-4-11(12)8-15(16)18(14)20/h2-10,14,17H,1H3. The van der Waals surface area contributed by atoms with E-state index >= 15 is 0 Å². The number of Topliss-reactive ketones (excluding diaryl/α,β-unsaturated/α-hetero) is 2. The Morgan fingerprint density at radius 3 is 1.96 bits per heavy atom. The van der Waals surface area contributed by atoms with Crippen LogP contribution in [0.25, 0.3) is 10.8 Å². The number of carbonyl (C=O) groups is 2. The van der Waals surface area contributed by atoms with Gasteiger partial charge in [0.25, 0.3) is 0 Å². The average Bonchev–Trinajstić information content (AvgIpc) is 2.57. The van der Waals surface area contributed by atoms with Crippen molar-refractivity contribution in [3.8, 4) is 0 Å². The monoisotopic (exact) mass is 338 g/mol. The fourth-order valence-electron chi connectivity index (χ4n) is 3.40. The maximum absolute atomic E-state index is 12.9. The van der Waals surface area contributed by atoms with E-state index in [1.165, 1.54) is 12.2 Å². The topological polar surface area (TPSA) is 68.3 Å². The van der Waals surface area contributed by atoms with Gasteiger partial charge in [-0.2, -0.15) is 0 Å². The first-order valence-corrected chi connectivity index (χ1v) is 9.47. The van der Waals surface area contributed by atoms with Gasteiger partial charge in [0.05, 0.1) is 16.7 Å². The Bertz CT molecular complexity index is 1070. The molecule has 0 amide bonds. The van der Waals surface area contributed by atoms with Gasteiger partial charge in [-0.3, -0.25) is 9.59 Å². The number of ketones is 2. The van der Waals surface area contributed by atoms with E-state index in [4.69, 9.17) is 0 Å². The van der Waals surface area contributed by atoms with Crippen LogP contribution in [0, 0.1) is 11.8 Å². The van der Waals surface area contributed by atoms with Crippen molar-refractivity contribution in [1.82, 2.24) is 0 Å². The molecule has 2 unspecified atom stereocenters. The zero-order chi connectivity index (χ0) is 17.1. The molecule has 24 heavy (non-hydrogen) atoms. The molecule has 0 bridgehead atoms. The first-order chi connectivity index (χ1) is 11.4. The van der Waals surface area contributed by atoms with E-state index in [0.717, 1.165) is 17.0 Å². The Morgan fingerprint density at radius 2 is 1.42 bits per heavy atom. The number of hydrogen-bond acceptors (Lipinski definition) is 4. The predicted molar refractivity (Wildman–Crippen MR) is 91.7 cm³/mol. The summed E-state index contributed by atoms with van der Waals surface area (Å²) in [6.07, 6.45) is 5.48. The molecule has 4 rings (SSSR count). The van der Waals surface area contributed by atoms with Gasteiger partial charge in [-0.1, -0.05) is 36.4 Å². The number of benzene rings is 2. The molecule has 120 valence electrons. The van der Waals surface area contributed by atoms with Crippen LogP contribution in [-0.4, -0.2) is 26.2 Å². The largest absolute Gasteiger partial charge is 0.293 e. The van der Waals surface area contributed by atoms with E-state index in [-0.39, 0.29) is 16.5 Å². The highest BCUT2D eigenvalue weighted by Crippen LogP contribution is 2.37. The van der Waals surface area contributed by atoms with Crippen molar-refractivity contribution in [1.29, 1.82) is 0 Å². The number of allylic oxidation sites excluding steroid dienone is 3. The minimum atomic E-state index is -3.42. The fraction of sp³-hybridized carbons (Fsp3) is 0.158. The van der Waals surface area contributed by atoms with Crippen LogP contribution in [0.3, 0.4) is 0 Å². The molecule has 0 aliphatic heterocycles. The van der Waals surface area contributed by atoms with Gasteiger partial charge in [0, 0.05) is 17.4 Å². The quantitative estimate of drug-likeness (QED) is 0.802. The molecule has 4 nitrogen and oxygen atoms in total. The van der Waals surface area contributed by atoms with Crippen LogP contribution in [0.1, 0.15) is 20.7 Å². The molecule has 0 radical (unpaired) electrons. The molecule has 0 saturated carbocycles. The summed E-state index contributed by atoms with van der Waals surface area (Å²) in [5, 5.41) is 1.79. The molecule has 0 fully saturated rings. The molecular weight excluding hydrogens is 324 g/mol. The number of sulfone groups is 1. The molecule has 2 aliphatic carbocycles. The first-order valence-electron chi connectivity index (χ1n) is 7.57. The lowest BCUT2D eigenvalue weighted by molar-refractivity contribution is 0.0801. The lowest BCUT2D eigenvalue weighted by Gasteiger charge is -2.29. The zero-order valence-electron chi connectivity index (χ0n) is 12.9. The van der Waals surface area contributed by atoms with Crippen LogP contribution < -0.4 is 0 Å². The van der Waals surface area contributed by atoms with E-state index in [0.29, 0.717) is 11.1 Å². The zero-order valence-corrected chi connectivity index (χ0v) is 13.7. The van der Waals surface area contributed by atoms with E-state index in [1.807, 2.05) is 24.3 Å². The molecular formula is C19H14O4S. The lowest BCUT2D eigenvalue weighted by Crippen LogP contribution is -2.36. The summed E-state index contributed by atoms with van der Waals surface area (Å²) < 4.78 is 23.5. The van der Waals surface area contributed by atoms with E-state index in [9.17, 15) is 18.0 Å². The molecule has 2 aromatic carbocycles. The SMILES string of the molecule is CS(=O)(=O)C1=CC2C(=O)c3cc4ccccc4cc3C(=O)C2C=C1. The first kappa shape index (κ1) is 15.0. The summed E-state index contributed by atoms with van der Waals surface area (Å²) in [4.78, 5) is 25.8. The van der Waals surface area contributed by atoms with E-state index in [1.54, 1.807) is 18.2 Å². The maximum atomic E-state index is 12.9. The van der Waals surface area contributed by atoms with Gasteiger partial charge in [0.15, 0.2) is 21.4 Å². The van der Waals surface area contributed by atoms with Gasteiger partial charge in [-0.15, -0.1) is 0 Å². The second-order valence-corrected chi connectivity index (χ2v) is 8.24. The normalized spacial score (nSPS) is 23.0. The van der Waals surface area contributed by atoms with Gasteiger partial charge in [0.1, 0.15) is 0 Å². The van der Waals surface area contributed by atoms with Crippen molar-refractivity contribution in [2.24, 2.45) is 11.8 Å². The number of rotatable bonds is 1. The molecule has 2 aliphatic rings. The Balaban J connectivity index is 1.92. The van der Waals surface area contributed by atoms with Crippen LogP contribution in [0.15, 0.2) is 59.5 Å². The van der Waals surface area contributed by atoms with Gasteiger partial charge in [0.2, 0.25) is 0 Å². The Kier molecular flexibility index (Phi) is 3.12. The molecule has 0 aromatic heterocycles. The number of hydrogen-bond donors (Lipinski definition) is 0. The third-order valence-corrected chi connectivity index (χ3v) is 5.78. The van der Waals surface area contributed by atoms with Crippen molar-refractivity contribution < 1.29 is 18.0 Å². The summed E-state index contributed by atoms with van der Waals surface area (Å²) in [5.74, 6) is -1.72. The second-order valence-electron chi connectivity index (χ2n) is 6.23. The van der Waals surface area contributed by atoms with Gasteiger partial charge in [-0.05, 0) is 29.0 Å². The Hall–Kier alpha value is -2.53. The molecule has 0 N–H and O–H groups in total. The summed E-state index contributed by atoms with van der Waals surface area (Å²) >= 11 is 0. The van der Waals surface area contributed by atoms with E-state index in [2.05, 4.69) is 0 Å². The predicted octanol–water partition coefficient (Wildman–Crippen LogP) is 2.95. The molecule has 0 heterocycles. The van der Waals surface area contributed by atoms with Crippen LogP contribution >= 0.6 is 0 Å². The minimum Gasteiger partial charge on any atom is -0.293 e.